The van der Waals surface area contributed by atoms with Crippen LogP contribution in [0.15, 0.2) is 42.6 Å². The first-order chi connectivity index (χ1) is 16.3. The molecule has 4 rings (SSSR count). The zero-order chi connectivity index (χ0) is 24.1. The highest BCUT2D eigenvalue weighted by Gasteiger charge is 2.26. The molecular weight excluding hydrogens is 456 g/mol. The molecule has 2 aliphatic heterocycles. The minimum atomic E-state index is -3.19. The van der Waals surface area contributed by atoms with Gasteiger partial charge in [-0.1, -0.05) is 24.3 Å². The predicted molar refractivity (Wildman–Crippen MR) is 128 cm³/mol. The summed E-state index contributed by atoms with van der Waals surface area (Å²) in [5.41, 5.74) is 3.05. The number of hydrogen-bond acceptors (Lipinski definition) is 7. The van der Waals surface area contributed by atoms with Gasteiger partial charge in [0.2, 0.25) is 15.9 Å². The van der Waals surface area contributed by atoms with Gasteiger partial charge < -0.3 is 15.2 Å². The molecule has 1 atom stereocenters. The summed E-state index contributed by atoms with van der Waals surface area (Å²) in [5, 5.41) is 13.2. The van der Waals surface area contributed by atoms with Crippen molar-refractivity contribution in [3.63, 3.8) is 0 Å². The van der Waals surface area contributed by atoms with Crippen LogP contribution in [0.5, 0.6) is 5.88 Å². The summed E-state index contributed by atoms with van der Waals surface area (Å²) in [6, 6.07) is 11.5. The van der Waals surface area contributed by atoms with Crippen molar-refractivity contribution in [1.29, 1.82) is 0 Å². The summed E-state index contributed by atoms with van der Waals surface area (Å²) < 4.78 is 30.6. The van der Waals surface area contributed by atoms with E-state index in [2.05, 4.69) is 33.4 Å². The van der Waals surface area contributed by atoms with E-state index in [9.17, 15) is 18.3 Å². The molecule has 0 saturated carbocycles. The highest BCUT2D eigenvalue weighted by atomic mass is 32.2. The summed E-state index contributed by atoms with van der Waals surface area (Å²) in [6.45, 7) is 3.14. The van der Waals surface area contributed by atoms with Crippen molar-refractivity contribution in [2.75, 3.05) is 39.0 Å². The van der Waals surface area contributed by atoms with Gasteiger partial charge in [0.05, 0.1) is 12.4 Å². The predicted octanol–water partition coefficient (Wildman–Crippen LogP) is 1.03. The number of aliphatic hydroxyl groups is 1. The molecule has 0 spiro atoms. The summed E-state index contributed by atoms with van der Waals surface area (Å²) in [6.07, 6.45) is 3.99. The average Bonchev–Trinajstić information content (AvgIpc) is 2.82. The fraction of sp³-hybridized carbons (Fsp3) is 0.500. The molecule has 1 fully saturated rings. The molecule has 1 aromatic heterocycles. The lowest BCUT2D eigenvalue weighted by atomic mass is 10.00. The molecule has 0 bridgehead atoms. The Morgan fingerprint density at radius 3 is 2.68 bits per heavy atom. The maximum absolute atomic E-state index is 12.6. The maximum atomic E-state index is 12.6. The van der Waals surface area contributed by atoms with Gasteiger partial charge >= 0.3 is 0 Å². The third-order valence-corrected chi connectivity index (χ3v) is 7.63. The minimum absolute atomic E-state index is 0.152. The van der Waals surface area contributed by atoms with E-state index in [1.807, 2.05) is 6.07 Å². The van der Waals surface area contributed by atoms with Crippen LogP contribution in [0.3, 0.4) is 0 Å². The van der Waals surface area contributed by atoms with Gasteiger partial charge in [0.15, 0.2) is 0 Å². The van der Waals surface area contributed by atoms with E-state index in [4.69, 9.17) is 4.74 Å². The number of piperidine rings is 1. The molecule has 2 aromatic rings. The lowest BCUT2D eigenvalue weighted by Crippen LogP contribution is -2.42. The number of fused-ring (bicyclic) bond motifs is 1. The van der Waals surface area contributed by atoms with Gasteiger partial charge in [0.1, 0.15) is 6.10 Å². The fourth-order valence-corrected chi connectivity index (χ4v) is 5.33. The number of β-amino-alcohol motifs (C(OH)–C–C–N with tert-alkyl or cyclic N) is 1. The molecule has 2 aliphatic rings. The molecule has 10 heteroatoms. The van der Waals surface area contributed by atoms with Crippen LogP contribution in [-0.4, -0.2) is 84.8 Å². The Labute approximate surface area is 200 Å². The summed E-state index contributed by atoms with van der Waals surface area (Å²) in [4.78, 5) is 19.0. The molecule has 1 unspecified atom stereocenters. The van der Waals surface area contributed by atoms with Crippen molar-refractivity contribution in [1.82, 2.24) is 19.5 Å². The van der Waals surface area contributed by atoms with Crippen LogP contribution >= 0.6 is 0 Å². The second-order valence-electron chi connectivity index (χ2n) is 8.98. The quantitative estimate of drug-likeness (QED) is 0.571. The first-order valence-corrected chi connectivity index (χ1v) is 13.5. The molecule has 0 radical (unpaired) electrons. The van der Waals surface area contributed by atoms with Gasteiger partial charge in [-0.25, -0.2) is 17.7 Å². The van der Waals surface area contributed by atoms with Crippen LogP contribution < -0.4 is 10.1 Å². The van der Waals surface area contributed by atoms with Gasteiger partial charge in [-0.2, -0.15) is 0 Å². The number of ether oxygens (including phenoxy) is 1. The highest BCUT2D eigenvalue weighted by Crippen LogP contribution is 2.20. The van der Waals surface area contributed by atoms with Crippen LogP contribution in [0, 0.1) is 0 Å². The van der Waals surface area contributed by atoms with E-state index in [0.717, 1.165) is 19.5 Å². The number of carbonyl (C=O) groups is 1. The van der Waals surface area contributed by atoms with Crippen LogP contribution in [-0.2, 0) is 23.0 Å². The Hall–Kier alpha value is -2.53. The molecule has 1 saturated heterocycles. The van der Waals surface area contributed by atoms with Crippen molar-refractivity contribution in [3.05, 3.63) is 59.3 Å². The Kier molecular flexibility index (Phi) is 7.82. The third kappa shape index (κ3) is 6.53. The molecular formula is C24H32N4O5S. The number of amides is 1. The van der Waals surface area contributed by atoms with E-state index in [1.54, 1.807) is 12.1 Å². The number of aliphatic hydroxyl groups excluding tert-OH is 1. The first kappa shape index (κ1) is 24.6. The Bertz CT molecular complexity index is 1100. The normalized spacial score (nSPS) is 18.8. The number of rotatable bonds is 8. The van der Waals surface area contributed by atoms with Crippen LogP contribution in [0.25, 0.3) is 0 Å². The third-order valence-electron chi connectivity index (χ3n) is 6.33. The highest BCUT2D eigenvalue weighted by molar-refractivity contribution is 7.88. The van der Waals surface area contributed by atoms with Crippen LogP contribution in [0.1, 0.15) is 34.3 Å². The Morgan fingerprint density at radius 2 is 1.94 bits per heavy atom. The second-order valence-corrected chi connectivity index (χ2v) is 11.0. The molecule has 184 valence electrons. The fourth-order valence-electron chi connectivity index (χ4n) is 4.45. The molecule has 34 heavy (non-hydrogen) atoms. The second kappa shape index (κ2) is 10.8. The maximum Gasteiger partial charge on any atom is 0.251 e. The van der Waals surface area contributed by atoms with Crippen molar-refractivity contribution >= 4 is 15.9 Å². The monoisotopic (exact) mass is 488 g/mol. The number of pyridine rings is 1. The smallest absolute Gasteiger partial charge is 0.251 e. The molecule has 9 nitrogen and oxygen atoms in total. The largest absolute Gasteiger partial charge is 0.474 e. The number of nitrogens with one attached hydrogen (secondary N) is 1. The molecule has 3 heterocycles. The number of nitrogens with zero attached hydrogens (tertiary/aromatic N) is 3. The van der Waals surface area contributed by atoms with Crippen molar-refractivity contribution in [2.45, 2.75) is 38.0 Å². The number of aromatic nitrogens is 1. The molecule has 2 N–H and O–H groups in total. The molecule has 1 aromatic carbocycles. The van der Waals surface area contributed by atoms with E-state index in [0.29, 0.717) is 43.9 Å². The van der Waals surface area contributed by atoms with Gasteiger partial charge in [0, 0.05) is 57.1 Å². The lowest BCUT2D eigenvalue weighted by molar-refractivity contribution is 0.0840. The summed E-state index contributed by atoms with van der Waals surface area (Å²) >= 11 is 0. The first-order valence-electron chi connectivity index (χ1n) is 11.6. The van der Waals surface area contributed by atoms with Gasteiger partial charge in [-0.05, 0) is 36.5 Å². The zero-order valence-electron chi connectivity index (χ0n) is 19.4. The number of sulfonamides is 1. The van der Waals surface area contributed by atoms with Gasteiger partial charge in [0.25, 0.3) is 5.91 Å². The lowest BCUT2D eigenvalue weighted by Gasteiger charge is -2.30. The SMILES string of the molecule is CS(=O)(=O)N1CCC(Oc2cc(C(=O)NCC(O)CN3CCc4ccccc4C3)ccn2)CC1. The molecule has 0 aliphatic carbocycles. The van der Waals surface area contributed by atoms with Gasteiger partial charge in [-0.15, -0.1) is 0 Å². The van der Waals surface area contributed by atoms with E-state index in [1.165, 1.54) is 27.9 Å². The number of carbonyl (C=O) groups excluding carboxylic acids is 1. The minimum Gasteiger partial charge on any atom is -0.474 e. The van der Waals surface area contributed by atoms with E-state index in [-0.39, 0.29) is 18.6 Å². The van der Waals surface area contributed by atoms with E-state index < -0.39 is 16.1 Å². The summed E-state index contributed by atoms with van der Waals surface area (Å²) in [5.74, 6) is 0.0279. The number of benzene rings is 1. The van der Waals surface area contributed by atoms with Crippen molar-refractivity contribution in [3.8, 4) is 5.88 Å². The van der Waals surface area contributed by atoms with Crippen molar-refractivity contribution < 1.29 is 23.1 Å². The van der Waals surface area contributed by atoms with Gasteiger partial charge in [-0.3, -0.25) is 9.69 Å². The summed E-state index contributed by atoms with van der Waals surface area (Å²) in [7, 11) is -3.19. The molecule has 1 amide bonds. The Morgan fingerprint density at radius 1 is 1.21 bits per heavy atom. The number of hydrogen-bond donors (Lipinski definition) is 2. The average molecular weight is 489 g/mol. The standard InChI is InChI=1S/C24H32N4O5S/c1-34(31,32)28-12-8-22(9-13-28)33-23-14-19(6-10-25-23)24(30)26-15-21(29)17-27-11-7-18-4-2-3-5-20(18)16-27/h2-6,10,14,21-22,29H,7-9,11-13,15-17H2,1H3,(H,26,30). The van der Waals surface area contributed by atoms with Crippen LogP contribution in [0.4, 0.5) is 0 Å². The van der Waals surface area contributed by atoms with Crippen molar-refractivity contribution in [2.24, 2.45) is 0 Å². The zero-order valence-corrected chi connectivity index (χ0v) is 20.2. The topological polar surface area (TPSA) is 112 Å². The van der Waals surface area contributed by atoms with E-state index >= 15 is 0 Å². The van der Waals surface area contributed by atoms with Crippen LogP contribution in [0.2, 0.25) is 0 Å². The Balaban J connectivity index is 1.23.